The Balaban J connectivity index is 1.25. The van der Waals surface area contributed by atoms with E-state index in [4.69, 9.17) is 14.0 Å². The summed E-state index contributed by atoms with van der Waals surface area (Å²) in [5.41, 5.74) is 2.47. The zero-order valence-corrected chi connectivity index (χ0v) is 16.9. The van der Waals surface area contributed by atoms with E-state index in [-0.39, 0.29) is 12.7 Å². The van der Waals surface area contributed by atoms with Crippen molar-refractivity contribution in [2.45, 2.75) is 25.2 Å². The summed E-state index contributed by atoms with van der Waals surface area (Å²) in [7, 11) is 0. The van der Waals surface area contributed by atoms with Crippen LogP contribution in [0.1, 0.15) is 23.5 Å². The number of hydrogen-bond acceptors (Lipinski definition) is 7. The van der Waals surface area contributed by atoms with Crippen LogP contribution in [0.2, 0.25) is 0 Å². The van der Waals surface area contributed by atoms with Crippen molar-refractivity contribution in [3.05, 3.63) is 53.2 Å². The quantitative estimate of drug-likeness (QED) is 0.518. The van der Waals surface area contributed by atoms with Crippen molar-refractivity contribution in [2.24, 2.45) is 0 Å². The molecule has 7 nitrogen and oxygen atoms in total. The predicted octanol–water partition coefficient (Wildman–Crippen LogP) is 4.66. The van der Waals surface area contributed by atoms with Crippen LogP contribution in [0.3, 0.4) is 0 Å². The van der Waals surface area contributed by atoms with Gasteiger partial charge in [-0.25, -0.2) is 4.98 Å². The molecule has 30 heavy (non-hydrogen) atoms. The second-order valence-electron chi connectivity index (χ2n) is 7.60. The third-order valence-corrected chi connectivity index (χ3v) is 6.55. The molecule has 0 saturated heterocycles. The van der Waals surface area contributed by atoms with Gasteiger partial charge in [0, 0.05) is 17.3 Å². The maximum Gasteiger partial charge on any atom is 0.236 e. The van der Waals surface area contributed by atoms with Gasteiger partial charge >= 0.3 is 0 Å². The summed E-state index contributed by atoms with van der Waals surface area (Å²) < 4.78 is 17.5. The van der Waals surface area contributed by atoms with Crippen LogP contribution in [0.25, 0.3) is 21.5 Å². The number of nitrogens with one attached hydrogen (secondary N) is 1. The van der Waals surface area contributed by atoms with Gasteiger partial charge in [0.1, 0.15) is 0 Å². The molecule has 8 heteroatoms. The molecule has 0 spiro atoms. The molecular weight excluding hydrogens is 402 g/mol. The number of aromatic nitrogens is 2. The highest BCUT2D eigenvalue weighted by Crippen LogP contribution is 2.49. The maximum absolute atomic E-state index is 13.1. The summed E-state index contributed by atoms with van der Waals surface area (Å²) in [4.78, 5) is 17.6. The number of ether oxygens (including phenoxy) is 2. The second kappa shape index (κ2) is 6.30. The van der Waals surface area contributed by atoms with Gasteiger partial charge in [-0.2, -0.15) is 0 Å². The normalized spacial score (nSPS) is 16.0. The standard InChI is InChI=1S/C22H17N3O4S/c1-12-23-15-9-14(3-5-19(15)30-12)24-21(26)22(6-7-22)20-10-17(29-25-20)13-2-4-16-18(8-13)28-11-27-16/h2-5,8-10H,6-7,11H2,1H3,(H,24,26). The Labute approximate surface area is 175 Å². The number of thiazole rings is 1. The first-order valence-corrected chi connectivity index (χ1v) is 10.5. The van der Waals surface area contributed by atoms with Crippen molar-refractivity contribution in [1.82, 2.24) is 10.1 Å². The van der Waals surface area contributed by atoms with Gasteiger partial charge in [-0.3, -0.25) is 4.79 Å². The number of benzene rings is 2. The highest BCUT2D eigenvalue weighted by molar-refractivity contribution is 7.18. The SMILES string of the molecule is Cc1nc2cc(NC(=O)C3(c4cc(-c5ccc6c(c5)OCO6)on4)CC3)ccc2s1. The third-order valence-electron chi connectivity index (χ3n) is 5.59. The van der Waals surface area contributed by atoms with E-state index in [9.17, 15) is 4.79 Å². The number of fused-ring (bicyclic) bond motifs is 2. The van der Waals surface area contributed by atoms with Crippen LogP contribution < -0.4 is 14.8 Å². The molecule has 6 rings (SSSR count). The summed E-state index contributed by atoms with van der Waals surface area (Å²) in [6.07, 6.45) is 1.48. The van der Waals surface area contributed by atoms with Crippen molar-refractivity contribution in [1.29, 1.82) is 0 Å². The second-order valence-corrected chi connectivity index (χ2v) is 8.83. The average Bonchev–Trinajstić information content (AvgIpc) is 3.09. The molecule has 2 aromatic carbocycles. The molecule has 1 amide bonds. The molecule has 2 aromatic heterocycles. The van der Waals surface area contributed by atoms with Crippen molar-refractivity contribution >= 4 is 33.1 Å². The van der Waals surface area contributed by atoms with E-state index in [0.717, 1.165) is 39.3 Å². The number of aryl methyl sites for hydroxylation is 1. The molecule has 1 saturated carbocycles. The number of anilines is 1. The molecule has 0 atom stereocenters. The molecule has 0 radical (unpaired) electrons. The lowest BCUT2D eigenvalue weighted by Crippen LogP contribution is -2.28. The van der Waals surface area contributed by atoms with Crippen LogP contribution in [0.15, 0.2) is 47.0 Å². The lowest BCUT2D eigenvalue weighted by Gasteiger charge is -2.12. The number of carbonyl (C=O) groups is 1. The zero-order chi connectivity index (χ0) is 20.3. The molecule has 150 valence electrons. The van der Waals surface area contributed by atoms with E-state index in [1.54, 1.807) is 11.3 Å². The molecule has 0 unspecified atom stereocenters. The van der Waals surface area contributed by atoms with Gasteiger partial charge in [0.2, 0.25) is 12.7 Å². The van der Waals surface area contributed by atoms with Crippen LogP contribution in [0.4, 0.5) is 5.69 Å². The highest BCUT2D eigenvalue weighted by atomic mass is 32.1. The molecular formula is C22H17N3O4S. The minimum absolute atomic E-state index is 0.0701. The van der Waals surface area contributed by atoms with Gasteiger partial charge in [-0.05, 0) is 56.2 Å². The summed E-state index contributed by atoms with van der Waals surface area (Å²) in [6, 6.07) is 13.2. The van der Waals surface area contributed by atoms with Gasteiger partial charge in [0.15, 0.2) is 17.3 Å². The minimum Gasteiger partial charge on any atom is -0.454 e. The molecule has 2 aliphatic rings. The Morgan fingerprint density at radius 3 is 2.83 bits per heavy atom. The van der Waals surface area contributed by atoms with E-state index in [2.05, 4.69) is 15.5 Å². The first kappa shape index (κ1) is 17.5. The summed E-state index contributed by atoms with van der Waals surface area (Å²) in [5, 5.41) is 8.26. The van der Waals surface area contributed by atoms with Gasteiger partial charge < -0.3 is 19.3 Å². The highest BCUT2D eigenvalue weighted by Gasteiger charge is 2.53. The smallest absolute Gasteiger partial charge is 0.236 e. The molecule has 4 aromatic rings. The minimum atomic E-state index is -0.648. The molecule has 1 aliphatic carbocycles. The Morgan fingerprint density at radius 1 is 1.10 bits per heavy atom. The predicted molar refractivity (Wildman–Crippen MR) is 112 cm³/mol. The van der Waals surface area contributed by atoms with Gasteiger partial charge in [0.05, 0.1) is 26.3 Å². The van der Waals surface area contributed by atoms with Crippen LogP contribution in [-0.4, -0.2) is 22.8 Å². The number of amides is 1. The first-order chi connectivity index (χ1) is 14.6. The van der Waals surface area contributed by atoms with Crippen LogP contribution in [0.5, 0.6) is 11.5 Å². The Bertz CT molecular complexity index is 1300. The molecule has 0 bridgehead atoms. The number of rotatable bonds is 4. The summed E-state index contributed by atoms with van der Waals surface area (Å²) in [5.74, 6) is 1.92. The molecule has 1 fully saturated rings. The van der Waals surface area contributed by atoms with Gasteiger partial charge in [-0.15, -0.1) is 11.3 Å². The number of nitrogens with zero attached hydrogens (tertiary/aromatic N) is 2. The van der Waals surface area contributed by atoms with Crippen molar-refractivity contribution < 1.29 is 18.8 Å². The van der Waals surface area contributed by atoms with Crippen molar-refractivity contribution in [3.8, 4) is 22.8 Å². The monoisotopic (exact) mass is 419 g/mol. The summed E-state index contributed by atoms with van der Waals surface area (Å²) >= 11 is 1.64. The van der Waals surface area contributed by atoms with Gasteiger partial charge in [0.25, 0.3) is 0 Å². The summed E-state index contributed by atoms with van der Waals surface area (Å²) in [6.45, 7) is 2.19. The van der Waals surface area contributed by atoms with E-state index < -0.39 is 5.41 Å². The Morgan fingerprint density at radius 2 is 1.97 bits per heavy atom. The largest absolute Gasteiger partial charge is 0.454 e. The molecule has 3 heterocycles. The molecule has 1 aliphatic heterocycles. The first-order valence-electron chi connectivity index (χ1n) is 9.67. The third kappa shape index (κ3) is 2.75. The molecule has 1 N–H and O–H groups in total. The fraction of sp³-hybridized carbons (Fsp3) is 0.227. The Hall–Kier alpha value is -3.39. The van der Waals surface area contributed by atoms with Crippen LogP contribution in [0, 0.1) is 6.92 Å². The van der Waals surface area contributed by atoms with Gasteiger partial charge in [-0.1, -0.05) is 5.16 Å². The van der Waals surface area contributed by atoms with Crippen molar-refractivity contribution in [2.75, 3.05) is 12.1 Å². The van der Waals surface area contributed by atoms with E-state index in [1.165, 1.54) is 0 Å². The lowest BCUT2D eigenvalue weighted by atomic mass is 10.00. The van der Waals surface area contributed by atoms with Crippen molar-refractivity contribution in [3.63, 3.8) is 0 Å². The lowest BCUT2D eigenvalue weighted by molar-refractivity contribution is -0.118. The fourth-order valence-corrected chi connectivity index (χ4v) is 4.59. The average molecular weight is 419 g/mol. The van der Waals surface area contributed by atoms with Crippen LogP contribution >= 0.6 is 11.3 Å². The fourth-order valence-electron chi connectivity index (χ4n) is 3.78. The van der Waals surface area contributed by atoms with E-state index >= 15 is 0 Å². The number of carbonyl (C=O) groups excluding carboxylic acids is 1. The topological polar surface area (TPSA) is 86.5 Å². The Kier molecular flexibility index (Phi) is 3.67. The zero-order valence-electron chi connectivity index (χ0n) is 16.1. The van der Waals surface area contributed by atoms with Crippen LogP contribution in [-0.2, 0) is 10.2 Å². The van der Waals surface area contributed by atoms with E-state index in [1.807, 2.05) is 49.4 Å². The number of hydrogen-bond donors (Lipinski definition) is 1. The maximum atomic E-state index is 13.1. The van der Waals surface area contributed by atoms with E-state index in [0.29, 0.717) is 23.0 Å².